The Morgan fingerprint density at radius 3 is 2.88 bits per heavy atom. The fraction of sp³-hybridized carbons (Fsp3) is 0.158. The second-order valence-corrected chi connectivity index (χ2v) is 5.55. The number of anilines is 2. The number of hydrogen-bond donors (Lipinski definition) is 2. The maximum atomic E-state index is 12.5. The Balaban J connectivity index is 1.72. The van der Waals surface area contributed by atoms with E-state index in [0.717, 1.165) is 17.0 Å². The molecule has 0 aliphatic carbocycles. The predicted octanol–water partition coefficient (Wildman–Crippen LogP) is 3.86. The first-order valence-corrected chi connectivity index (χ1v) is 7.83. The molecule has 3 aromatic rings. The van der Waals surface area contributed by atoms with Crippen LogP contribution in [0.15, 0.2) is 59.5 Å². The predicted molar refractivity (Wildman–Crippen MR) is 96.0 cm³/mol. The number of pyridine rings is 1. The molecule has 6 nitrogen and oxygen atoms in total. The maximum Gasteiger partial charge on any atom is 0.257 e. The number of aromatic nitrogens is 1. The van der Waals surface area contributed by atoms with Gasteiger partial charge in [0.2, 0.25) is 0 Å². The minimum Gasteiger partial charge on any atom is -0.495 e. The zero-order chi connectivity index (χ0) is 17.6. The van der Waals surface area contributed by atoms with E-state index in [9.17, 15) is 4.79 Å². The zero-order valence-electron chi connectivity index (χ0n) is 14.1. The van der Waals surface area contributed by atoms with Crippen LogP contribution in [0.5, 0.6) is 5.75 Å². The summed E-state index contributed by atoms with van der Waals surface area (Å²) in [5.74, 6) is 1.16. The lowest BCUT2D eigenvalue weighted by Crippen LogP contribution is -2.13. The van der Waals surface area contributed by atoms with Crippen molar-refractivity contribution < 1.29 is 13.9 Å². The zero-order valence-corrected chi connectivity index (χ0v) is 14.1. The molecule has 0 aliphatic heterocycles. The van der Waals surface area contributed by atoms with Gasteiger partial charge in [-0.2, -0.15) is 0 Å². The lowest BCUT2D eigenvalue weighted by Gasteiger charge is -2.11. The smallest absolute Gasteiger partial charge is 0.257 e. The van der Waals surface area contributed by atoms with E-state index in [1.54, 1.807) is 25.6 Å². The van der Waals surface area contributed by atoms with E-state index in [0.29, 0.717) is 23.5 Å². The summed E-state index contributed by atoms with van der Waals surface area (Å²) in [5.41, 5.74) is 2.85. The summed E-state index contributed by atoms with van der Waals surface area (Å²) in [5, 5.41) is 6.04. The van der Waals surface area contributed by atoms with Crippen LogP contribution in [0.1, 0.15) is 21.7 Å². The Bertz CT molecular complexity index is 860. The van der Waals surface area contributed by atoms with E-state index in [-0.39, 0.29) is 5.91 Å². The molecule has 0 atom stereocenters. The number of carbonyl (C=O) groups is 1. The van der Waals surface area contributed by atoms with Gasteiger partial charge in [-0.3, -0.25) is 9.78 Å². The first-order chi connectivity index (χ1) is 12.2. The number of rotatable bonds is 6. The van der Waals surface area contributed by atoms with E-state index in [1.807, 2.05) is 37.3 Å². The van der Waals surface area contributed by atoms with Crippen molar-refractivity contribution in [1.82, 2.24) is 4.98 Å². The van der Waals surface area contributed by atoms with Crippen molar-refractivity contribution in [3.63, 3.8) is 0 Å². The quantitative estimate of drug-likeness (QED) is 0.714. The Hall–Kier alpha value is -3.28. The number of hydrogen-bond acceptors (Lipinski definition) is 5. The number of methoxy groups -OCH3 is 1. The third-order valence-corrected chi connectivity index (χ3v) is 3.65. The Morgan fingerprint density at radius 1 is 1.24 bits per heavy atom. The number of ether oxygens (including phenoxy) is 1. The number of nitrogens with zero attached hydrogens (tertiary/aromatic N) is 1. The van der Waals surface area contributed by atoms with Crippen molar-refractivity contribution >= 4 is 17.3 Å². The van der Waals surface area contributed by atoms with Crippen LogP contribution in [-0.4, -0.2) is 18.0 Å². The highest BCUT2D eigenvalue weighted by atomic mass is 16.5. The molecular formula is C19H19N3O3. The fourth-order valence-corrected chi connectivity index (χ4v) is 2.38. The molecular weight excluding hydrogens is 318 g/mol. The van der Waals surface area contributed by atoms with Crippen molar-refractivity contribution in [2.24, 2.45) is 0 Å². The van der Waals surface area contributed by atoms with Gasteiger partial charge in [0.05, 0.1) is 36.9 Å². The van der Waals surface area contributed by atoms with Gasteiger partial charge < -0.3 is 19.8 Å². The molecule has 128 valence electrons. The number of aryl methyl sites for hydroxylation is 1. The topological polar surface area (TPSA) is 76.4 Å². The van der Waals surface area contributed by atoms with Crippen LogP contribution in [0.3, 0.4) is 0 Å². The number of nitrogens with one attached hydrogen (secondary N) is 2. The molecule has 2 N–H and O–H groups in total. The highest BCUT2D eigenvalue weighted by Gasteiger charge is 2.11. The molecule has 0 spiro atoms. The van der Waals surface area contributed by atoms with Gasteiger partial charge in [0.15, 0.2) is 0 Å². The van der Waals surface area contributed by atoms with Crippen LogP contribution in [0.25, 0.3) is 0 Å². The summed E-state index contributed by atoms with van der Waals surface area (Å²) < 4.78 is 10.6. The molecule has 0 saturated carbocycles. The van der Waals surface area contributed by atoms with Gasteiger partial charge in [-0.15, -0.1) is 0 Å². The first kappa shape index (κ1) is 16.6. The van der Waals surface area contributed by atoms with Crippen LogP contribution in [0, 0.1) is 6.92 Å². The van der Waals surface area contributed by atoms with E-state index in [2.05, 4.69) is 15.6 Å². The van der Waals surface area contributed by atoms with E-state index in [4.69, 9.17) is 9.15 Å². The van der Waals surface area contributed by atoms with Crippen molar-refractivity contribution in [3.8, 4) is 5.75 Å². The van der Waals surface area contributed by atoms with Crippen molar-refractivity contribution in [1.29, 1.82) is 0 Å². The molecule has 2 heterocycles. The van der Waals surface area contributed by atoms with Crippen LogP contribution in [0.4, 0.5) is 11.4 Å². The first-order valence-electron chi connectivity index (χ1n) is 7.83. The van der Waals surface area contributed by atoms with Gasteiger partial charge in [-0.25, -0.2) is 0 Å². The van der Waals surface area contributed by atoms with Crippen molar-refractivity contribution in [2.45, 2.75) is 13.5 Å². The molecule has 6 heteroatoms. The summed E-state index contributed by atoms with van der Waals surface area (Å²) >= 11 is 0. The van der Waals surface area contributed by atoms with Crippen molar-refractivity contribution in [3.05, 3.63) is 71.9 Å². The van der Waals surface area contributed by atoms with Gasteiger partial charge in [0.1, 0.15) is 11.5 Å². The van der Waals surface area contributed by atoms with Gasteiger partial charge in [-0.1, -0.05) is 6.07 Å². The minimum atomic E-state index is -0.252. The molecule has 0 fully saturated rings. The molecule has 3 rings (SSSR count). The van der Waals surface area contributed by atoms with Gasteiger partial charge in [0, 0.05) is 12.4 Å². The van der Waals surface area contributed by atoms with Crippen molar-refractivity contribution in [2.75, 3.05) is 17.7 Å². The van der Waals surface area contributed by atoms with Crippen LogP contribution in [-0.2, 0) is 6.54 Å². The van der Waals surface area contributed by atoms with E-state index >= 15 is 0 Å². The highest BCUT2D eigenvalue weighted by Crippen LogP contribution is 2.26. The summed E-state index contributed by atoms with van der Waals surface area (Å²) in [6, 6.07) is 11.1. The van der Waals surface area contributed by atoms with E-state index < -0.39 is 0 Å². The number of furan rings is 1. The summed E-state index contributed by atoms with van der Waals surface area (Å²) in [6.45, 7) is 2.47. The fourth-order valence-electron chi connectivity index (χ4n) is 2.38. The number of benzene rings is 1. The second-order valence-electron chi connectivity index (χ2n) is 5.55. The maximum absolute atomic E-state index is 12.5. The standard InChI is InChI=1S/C19H19N3O3/c1-13-5-6-18(24-2)17(8-13)22-19(23)14-9-15(11-20-10-14)21-12-16-4-3-7-25-16/h3-11,21H,12H2,1-2H3,(H,22,23). The van der Waals surface area contributed by atoms with Gasteiger partial charge in [-0.05, 0) is 42.8 Å². The average molecular weight is 337 g/mol. The molecule has 25 heavy (non-hydrogen) atoms. The summed E-state index contributed by atoms with van der Waals surface area (Å²) in [4.78, 5) is 16.6. The highest BCUT2D eigenvalue weighted by molar-refractivity contribution is 6.05. The lowest BCUT2D eigenvalue weighted by molar-refractivity contribution is 0.102. The van der Waals surface area contributed by atoms with Gasteiger partial charge >= 0.3 is 0 Å². The van der Waals surface area contributed by atoms with Crippen LogP contribution in [0.2, 0.25) is 0 Å². The average Bonchev–Trinajstić information content (AvgIpc) is 3.14. The SMILES string of the molecule is COc1ccc(C)cc1NC(=O)c1cncc(NCc2ccco2)c1. The molecule has 1 aromatic carbocycles. The van der Waals surface area contributed by atoms with Gasteiger partial charge in [0.25, 0.3) is 5.91 Å². The summed E-state index contributed by atoms with van der Waals surface area (Å²) in [7, 11) is 1.57. The van der Waals surface area contributed by atoms with Crippen LogP contribution < -0.4 is 15.4 Å². The molecule has 0 saturated heterocycles. The van der Waals surface area contributed by atoms with Crippen LogP contribution >= 0.6 is 0 Å². The molecule has 2 aromatic heterocycles. The normalized spacial score (nSPS) is 10.3. The largest absolute Gasteiger partial charge is 0.495 e. The van der Waals surface area contributed by atoms with E-state index in [1.165, 1.54) is 6.20 Å². The third kappa shape index (κ3) is 4.17. The molecule has 0 radical (unpaired) electrons. The monoisotopic (exact) mass is 337 g/mol. The Labute approximate surface area is 145 Å². The molecule has 0 bridgehead atoms. The molecule has 0 aliphatic rings. The Morgan fingerprint density at radius 2 is 2.12 bits per heavy atom. The molecule has 0 unspecified atom stereocenters. The Kier molecular flexibility index (Phi) is 4.99. The summed E-state index contributed by atoms with van der Waals surface area (Å²) in [6.07, 6.45) is 4.80. The number of carbonyl (C=O) groups excluding carboxylic acids is 1. The second kappa shape index (κ2) is 7.53. The lowest BCUT2D eigenvalue weighted by atomic mass is 10.2. The third-order valence-electron chi connectivity index (χ3n) is 3.65. The molecule has 1 amide bonds. The number of amides is 1. The minimum absolute atomic E-state index is 0.252.